The zero-order valence-corrected chi connectivity index (χ0v) is 11.3. The molecule has 0 bridgehead atoms. The van der Waals surface area contributed by atoms with Gasteiger partial charge in [0.15, 0.2) is 0 Å². The van der Waals surface area contributed by atoms with E-state index in [2.05, 4.69) is 26.1 Å². The van der Waals surface area contributed by atoms with Crippen LogP contribution < -0.4 is 5.32 Å². The van der Waals surface area contributed by atoms with E-state index in [4.69, 9.17) is 4.74 Å². The van der Waals surface area contributed by atoms with Crippen LogP contribution in [-0.2, 0) is 4.74 Å². The predicted molar refractivity (Wildman–Crippen MR) is 69.7 cm³/mol. The normalized spacial score (nSPS) is 30.6. The van der Waals surface area contributed by atoms with Gasteiger partial charge in [-0.05, 0) is 50.5 Å². The Balaban J connectivity index is 2.26. The first-order valence-electron chi connectivity index (χ1n) is 7.09. The number of nitrogens with one attached hydrogen (secondary N) is 1. The molecule has 0 aromatic carbocycles. The van der Waals surface area contributed by atoms with Crippen molar-refractivity contribution in [1.82, 2.24) is 5.32 Å². The maximum Gasteiger partial charge on any atom is 0.0469 e. The summed E-state index contributed by atoms with van der Waals surface area (Å²) in [6.45, 7) is 9.75. The van der Waals surface area contributed by atoms with Crippen LogP contribution >= 0.6 is 0 Å². The monoisotopic (exact) mass is 227 g/mol. The number of rotatable bonds is 7. The first-order chi connectivity index (χ1) is 7.77. The Labute approximate surface area is 101 Å². The Hall–Kier alpha value is -0.0800. The van der Waals surface area contributed by atoms with Crippen molar-refractivity contribution in [2.24, 2.45) is 11.8 Å². The summed E-state index contributed by atoms with van der Waals surface area (Å²) in [7, 11) is 0. The van der Waals surface area contributed by atoms with Crippen molar-refractivity contribution in [2.45, 2.75) is 58.9 Å². The summed E-state index contributed by atoms with van der Waals surface area (Å²) in [5, 5.41) is 3.64. The highest BCUT2D eigenvalue weighted by Crippen LogP contribution is 2.31. The molecule has 0 amide bonds. The molecule has 16 heavy (non-hydrogen) atoms. The van der Waals surface area contributed by atoms with Crippen LogP contribution in [0.5, 0.6) is 0 Å². The van der Waals surface area contributed by atoms with Crippen LogP contribution in [0, 0.1) is 11.8 Å². The minimum Gasteiger partial charge on any atom is -0.381 e. The Morgan fingerprint density at radius 1 is 1.19 bits per heavy atom. The van der Waals surface area contributed by atoms with Crippen molar-refractivity contribution in [1.29, 1.82) is 0 Å². The van der Waals surface area contributed by atoms with E-state index in [1.807, 2.05) is 0 Å². The van der Waals surface area contributed by atoms with Crippen molar-refractivity contribution in [3.8, 4) is 0 Å². The minimum absolute atomic E-state index is 0.742. The van der Waals surface area contributed by atoms with Crippen LogP contribution in [0.2, 0.25) is 0 Å². The Kier molecular flexibility index (Phi) is 7.06. The van der Waals surface area contributed by atoms with Gasteiger partial charge in [-0.15, -0.1) is 0 Å². The summed E-state index contributed by atoms with van der Waals surface area (Å²) in [6.07, 6.45) is 6.50. The van der Waals surface area contributed by atoms with Crippen LogP contribution in [0.4, 0.5) is 0 Å². The smallest absolute Gasteiger partial charge is 0.0469 e. The summed E-state index contributed by atoms with van der Waals surface area (Å²) in [5.41, 5.74) is 0. The number of hydrogen-bond acceptors (Lipinski definition) is 2. The molecule has 1 aliphatic rings. The highest BCUT2D eigenvalue weighted by atomic mass is 16.5. The van der Waals surface area contributed by atoms with Crippen LogP contribution in [0.3, 0.4) is 0 Å². The average molecular weight is 227 g/mol. The predicted octanol–water partition coefficient (Wildman–Crippen LogP) is 3.22. The SMILES string of the molecule is CCCOCCC1CC(C)CCC1NCC. The van der Waals surface area contributed by atoms with E-state index in [1.165, 1.54) is 25.7 Å². The molecule has 2 heteroatoms. The second-order valence-electron chi connectivity index (χ2n) is 5.24. The third-order valence-electron chi connectivity index (χ3n) is 3.69. The van der Waals surface area contributed by atoms with Crippen molar-refractivity contribution in [3.05, 3.63) is 0 Å². The molecule has 96 valence electrons. The molecular formula is C14H29NO. The molecule has 0 radical (unpaired) electrons. The maximum atomic E-state index is 5.62. The van der Waals surface area contributed by atoms with Gasteiger partial charge in [-0.3, -0.25) is 0 Å². The van der Waals surface area contributed by atoms with Crippen molar-refractivity contribution >= 4 is 0 Å². The average Bonchev–Trinajstić information content (AvgIpc) is 2.28. The molecule has 1 saturated carbocycles. The third-order valence-corrected chi connectivity index (χ3v) is 3.69. The quantitative estimate of drug-likeness (QED) is 0.674. The Bertz CT molecular complexity index is 172. The molecule has 0 heterocycles. The second kappa shape index (κ2) is 8.08. The fourth-order valence-corrected chi connectivity index (χ4v) is 2.83. The molecule has 1 rings (SSSR count). The highest BCUT2D eigenvalue weighted by Gasteiger charge is 2.27. The van der Waals surface area contributed by atoms with Crippen molar-refractivity contribution < 1.29 is 4.74 Å². The van der Waals surface area contributed by atoms with Crippen LogP contribution in [-0.4, -0.2) is 25.8 Å². The van der Waals surface area contributed by atoms with Crippen LogP contribution in [0.1, 0.15) is 52.9 Å². The van der Waals surface area contributed by atoms with Gasteiger partial charge in [-0.25, -0.2) is 0 Å². The van der Waals surface area contributed by atoms with Gasteiger partial charge in [0, 0.05) is 19.3 Å². The van der Waals surface area contributed by atoms with Gasteiger partial charge in [-0.2, -0.15) is 0 Å². The lowest BCUT2D eigenvalue weighted by molar-refractivity contribution is 0.0986. The summed E-state index contributed by atoms with van der Waals surface area (Å²) in [4.78, 5) is 0. The van der Waals surface area contributed by atoms with Gasteiger partial charge in [0.1, 0.15) is 0 Å². The fraction of sp³-hybridized carbons (Fsp3) is 1.00. The summed E-state index contributed by atoms with van der Waals surface area (Å²) >= 11 is 0. The van der Waals surface area contributed by atoms with E-state index in [0.717, 1.165) is 44.1 Å². The summed E-state index contributed by atoms with van der Waals surface area (Å²) < 4.78 is 5.62. The number of hydrogen-bond donors (Lipinski definition) is 1. The van der Waals surface area contributed by atoms with E-state index < -0.39 is 0 Å². The maximum absolute atomic E-state index is 5.62. The van der Waals surface area contributed by atoms with Gasteiger partial charge in [0.25, 0.3) is 0 Å². The molecule has 3 atom stereocenters. The van der Waals surface area contributed by atoms with Gasteiger partial charge in [-0.1, -0.05) is 20.8 Å². The number of ether oxygens (including phenoxy) is 1. The molecule has 3 unspecified atom stereocenters. The van der Waals surface area contributed by atoms with Crippen molar-refractivity contribution in [3.63, 3.8) is 0 Å². The highest BCUT2D eigenvalue weighted by molar-refractivity contribution is 4.83. The second-order valence-corrected chi connectivity index (χ2v) is 5.24. The lowest BCUT2D eigenvalue weighted by Gasteiger charge is -2.35. The molecule has 0 aromatic heterocycles. The van der Waals surface area contributed by atoms with Crippen LogP contribution in [0.15, 0.2) is 0 Å². The molecule has 0 spiro atoms. The molecule has 1 aliphatic carbocycles. The molecule has 2 nitrogen and oxygen atoms in total. The van der Waals surface area contributed by atoms with E-state index >= 15 is 0 Å². The van der Waals surface area contributed by atoms with Crippen LogP contribution in [0.25, 0.3) is 0 Å². The minimum atomic E-state index is 0.742. The zero-order chi connectivity index (χ0) is 11.8. The van der Waals surface area contributed by atoms with Gasteiger partial charge < -0.3 is 10.1 Å². The van der Waals surface area contributed by atoms with E-state index in [1.54, 1.807) is 0 Å². The molecule has 0 saturated heterocycles. The molecule has 1 N–H and O–H groups in total. The van der Waals surface area contributed by atoms with Gasteiger partial charge in [0.05, 0.1) is 0 Å². The first-order valence-corrected chi connectivity index (χ1v) is 7.09. The van der Waals surface area contributed by atoms with E-state index in [9.17, 15) is 0 Å². The van der Waals surface area contributed by atoms with E-state index in [0.29, 0.717) is 0 Å². The Morgan fingerprint density at radius 2 is 2.00 bits per heavy atom. The zero-order valence-electron chi connectivity index (χ0n) is 11.3. The molecule has 0 aromatic rings. The first kappa shape index (κ1) is 14.0. The lowest BCUT2D eigenvalue weighted by Crippen LogP contribution is -2.40. The molecular weight excluding hydrogens is 198 g/mol. The Morgan fingerprint density at radius 3 is 2.69 bits per heavy atom. The summed E-state index contributed by atoms with van der Waals surface area (Å²) in [6, 6.07) is 0.742. The van der Waals surface area contributed by atoms with E-state index in [-0.39, 0.29) is 0 Å². The molecule has 0 aliphatic heterocycles. The lowest BCUT2D eigenvalue weighted by atomic mass is 9.77. The van der Waals surface area contributed by atoms with Gasteiger partial charge in [0.2, 0.25) is 0 Å². The topological polar surface area (TPSA) is 21.3 Å². The fourth-order valence-electron chi connectivity index (χ4n) is 2.83. The third kappa shape index (κ3) is 4.84. The standard InChI is InChI=1S/C14H29NO/c1-4-9-16-10-8-13-11-12(3)6-7-14(13)15-5-2/h12-15H,4-11H2,1-3H3. The van der Waals surface area contributed by atoms with Gasteiger partial charge >= 0.3 is 0 Å². The van der Waals surface area contributed by atoms with Crippen molar-refractivity contribution in [2.75, 3.05) is 19.8 Å². The largest absolute Gasteiger partial charge is 0.381 e. The molecule has 1 fully saturated rings. The summed E-state index contributed by atoms with van der Waals surface area (Å²) in [5.74, 6) is 1.74.